The summed E-state index contributed by atoms with van der Waals surface area (Å²) < 4.78 is 39.7. The average molecular weight is 333 g/mol. The maximum Gasteiger partial charge on any atom is 0.433 e. The third-order valence-electron chi connectivity index (χ3n) is 3.54. The summed E-state index contributed by atoms with van der Waals surface area (Å²) in [5.74, 6) is -0.160. The van der Waals surface area contributed by atoms with Crippen molar-refractivity contribution < 1.29 is 13.2 Å². The van der Waals surface area contributed by atoms with Crippen molar-refractivity contribution >= 4 is 11.6 Å². The molecule has 0 unspecified atom stereocenters. The van der Waals surface area contributed by atoms with E-state index in [0.29, 0.717) is 11.3 Å². The fourth-order valence-corrected chi connectivity index (χ4v) is 2.18. The van der Waals surface area contributed by atoms with Crippen molar-refractivity contribution in [2.45, 2.75) is 31.6 Å². The highest BCUT2D eigenvalue weighted by atomic mass is 19.4. The Hall–Kier alpha value is -2.66. The smallest absolute Gasteiger partial charge is 0.324 e. The second-order valence-corrected chi connectivity index (χ2v) is 5.54. The van der Waals surface area contributed by atoms with Crippen molar-refractivity contribution in [1.82, 2.24) is 15.3 Å². The quantitative estimate of drug-likeness (QED) is 0.878. The number of alkyl halides is 3. The van der Waals surface area contributed by atoms with E-state index in [4.69, 9.17) is 5.26 Å². The number of aromatic nitrogens is 2. The van der Waals surface area contributed by atoms with Crippen molar-refractivity contribution in [1.29, 1.82) is 5.26 Å². The van der Waals surface area contributed by atoms with Crippen molar-refractivity contribution in [2.24, 2.45) is 0 Å². The predicted molar refractivity (Wildman–Crippen MR) is 81.3 cm³/mol. The van der Waals surface area contributed by atoms with Gasteiger partial charge in [-0.1, -0.05) is 6.07 Å². The molecule has 0 amide bonds. The standard InChI is InChI=1S/C16H14F3N5/c17-16(18,19)14-11(8-21-12-4-5-12)9-22-15(24-14)23-13-3-1-2-10(6-13)7-20/h1-3,6,9,12,21H,4-5,8H2,(H,22,23,24). The maximum absolute atomic E-state index is 13.2. The lowest BCUT2D eigenvalue weighted by Gasteiger charge is -2.14. The number of anilines is 2. The van der Waals surface area contributed by atoms with Crippen LogP contribution >= 0.6 is 0 Å². The number of rotatable bonds is 5. The largest absolute Gasteiger partial charge is 0.433 e. The van der Waals surface area contributed by atoms with E-state index in [2.05, 4.69) is 20.6 Å². The number of hydrogen-bond acceptors (Lipinski definition) is 5. The summed E-state index contributed by atoms with van der Waals surface area (Å²) in [4.78, 5) is 7.58. The predicted octanol–water partition coefficient (Wildman–Crippen LogP) is 3.36. The van der Waals surface area contributed by atoms with Gasteiger partial charge in [0.2, 0.25) is 5.95 Å². The van der Waals surface area contributed by atoms with Gasteiger partial charge in [0, 0.05) is 30.0 Å². The van der Waals surface area contributed by atoms with Gasteiger partial charge in [-0.25, -0.2) is 9.97 Å². The Bertz CT molecular complexity index is 778. The third-order valence-corrected chi connectivity index (χ3v) is 3.54. The summed E-state index contributed by atoms with van der Waals surface area (Å²) >= 11 is 0. The highest BCUT2D eigenvalue weighted by Crippen LogP contribution is 2.31. The van der Waals surface area contributed by atoms with Gasteiger partial charge in [-0.05, 0) is 31.0 Å². The van der Waals surface area contributed by atoms with Crippen LogP contribution in [0, 0.1) is 11.3 Å². The second-order valence-electron chi connectivity index (χ2n) is 5.54. The number of hydrogen-bond donors (Lipinski definition) is 2. The van der Waals surface area contributed by atoms with E-state index in [1.54, 1.807) is 18.2 Å². The second kappa shape index (κ2) is 6.45. The third kappa shape index (κ3) is 4.00. The summed E-state index contributed by atoms with van der Waals surface area (Å²) in [5.41, 5.74) is -0.0948. The molecule has 0 saturated heterocycles. The van der Waals surface area contributed by atoms with E-state index in [1.807, 2.05) is 6.07 Å². The Morgan fingerprint density at radius 2 is 2.08 bits per heavy atom. The number of nitrogens with zero attached hydrogens (tertiary/aromatic N) is 3. The zero-order valence-electron chi connectivity index (χ0n) is 12.6. The first-order chi connectivity index (χ1) is 11.5. The van der Waals surface area contributed by atoms with Crippen molar-refractivity contribution in [3.63, 3.8) is 0 Å². The lowest BCUT2D eigenvalue weighted by molar-refractivity contribution is -0.141. The first-order valence-corrected chi connectivity index (χ1v) is 7.39. The van der Waals surface area contributed by atoms with Gasteiger partial charge < -0.3 is 10.6 Å². The minimum atomic E-state index is -4.56. The average Bonchev–Trinajstić information content (AvgIpc) is 3.37. The monoisotopic (exact) mass is 333 g/mol. The first kappa shape index (κ1) is 16.2. The molecule has 0 atom stereocenters. The van der Waals surface area contributed by atoms with Crippen LogP contribution in [0.4, 0.5) is 24.8 Å². The zero-order valence-corrected chi connectivity index (χ0v) is 12.6. The van der Waals surface area contributed by atoms with Crippen LogP contribution in [0.1, 0.15) is 29.7 Å². The van der Waals surface area contributed by atoms with E-state index in [1.165, 1.54) is 12.3 Å². The molecular weight excluding hydrogens is 319 g/mol. The van der Waals surface area contributed by atoms with E-state index >= 15 is 0 Å². The topological polar surface area (TPSA) is 73.6 Å². The molecule has 1 aliphatic carbocycles. The van der Waals surface area contributed by atoms with E-state index in [0.717, 1.165) is 12.8 Å². The summed E-state index contributed by atoms with van der Waals surface area (Å²) in [6.45, 7) is 0.0870. The van der Waals surface area contributed by atoms with Gasteiger partial charge >= 0.3 is 6.18 Å². The van der Waals surface area contributed by atoms with Crippen LogP contribution in [0.15, 0.2) is 30.5 Å². The lowest BCUT2D eigenvalue weighted by Crippen LogP contribution is -2.21. The van der Waals surface area contributed by atoms with Crippen molar-refractivity contribution in [2.75, 3.05) is 5.32 Å². The molecule has 0 spiro atoms. The molecule has 124 valence electrons. The summed E-state index contributed by atoms with van der Waals surface area (Å²) in [5, 5.41) is 14.6. The Labute approximate surface area is 136 Å². The molecule has 1 saturated carbocycles. The van der Waals surface area contributed by atoms with Gasteiger partial charge in [0.15, 0.2) is 5.69 Å². The van der Waals surface area contributed by atoms with Gasteiger partial charge in [-0.2, -0.15) is 18.4 Å². The molecule has 3 rings (SSSR count). The number of halogens is 3. The van der Waals surface area contributed by atoms with Gasteiger partial charge in [-0.15, -0.1) is 0 Å². The molecule has 0 radical (unpaired) electrons. The summed E-state index contributed by atoms with van der Waals surface area (Å²) in [7, 11) is 0. The molecule has 1 aromatic carbocycles. The number of benzene rings is 1. The molecule has 0 aliphatic heterocycles. The molecule has 8 heteroatoms. The van der Waals surface area contributed by atoms with E-state index < -0.39 is 11.9 Å². The highest BCUT2D eigenvalue weighted by molar-refractivity contribution is 5.56. The zero-order chi connectivity index (χ0) is 17.2. The van der Waals surface area contributed by atoms with Crippen LogP contribution in [0.5, 0.6) is 0 Å². The van der Waals surface area contributed by atoms with E-state index in [9.17, 15) is 13.2 Å². The van der Waals surface area contributed by atoms with Crippen LogP contribution in [-0.4, -0.2) is 16.0 Å². The van der Waals surface area contributed by atoms with Crippen LogP contribution in [0.25, 0.3) is 0 Å². The molecule has 2 N–H and O–H groups in total. The molecule has 1 fully saturated rings. The van der Waals surface area contributed by atoms with Gasteiger partial charge in [0.05, 0.1) is 11.6 Å². The minimum absolute atomic E-state index is 0.0192. The Morgan fingerprint density at radius 3 is 2.75 bits per heavy atom. The maximum atomic E-state index is 13.2. The van der Waals surface area contributed by atoms with Crippen LogP contribution in [-0.2, 0) is 12.7 Å². The SMILES string of the molecule is N#Cc1cccc(Nc2ncc(CNC3CC3)c(C(F)(F)F)n2)c1. The van der Waals surface area contributed by atoms with Crippen molar-refractivity contribution in [3.05, 3.63) is 47.3 Å². The molecule has 1 aromatic heterocycles. The normalized spacial score (nSPS) is 14.2. The fraction of sp³-hybridized carbons (Fsp3) is 0.312. The van der Waals surface area contributed by atoms with Crippen LogP contribution in [0.2, 0.25) is 0 Å². The molecule has 1 aliphatic rings. The molecule has 0 bridgehead atoms. The summed E-state index contributed by atoms with van der Waals surface area (Å²) in [6, 6.07) is 8.61. The van der Waals surface area contributed by atoms with Gasteiger partial charge in [0.25, 0.3) is 0 Å². The molecule has 2 aromatic rings. The molecular formula is C16H14F3N5. The molecule has 1 heterocycles. The van der Waals surface area contributed by atoms with Crippen LogP contribution < -0.4 is 10.6 Å². The number of nitriles is 1. The number of nitrogens with one attached hydrogen (secondary N) is 2. The lowest BCUT2D eigenvalue weighted by atomic mass is 10.2. The van der Waals surface area contributed by atoms with E-state index in [-0.39, 0.29) is 24.1 Å². The Morgan fingerprint density at radius 1 is 1.29 bits per heavy atom. The molecule has 24 heavy (non-hydrogen) atoms. The van der Waals surface area contributed by atoms with Crippen LogP contribution in [0.3, 0.4) is 0 Å². The van der Waals surface area contributed by atoms with Crippen molar-refractivity contribution in [3.8, 4) is 6.07 Å². The highest BCUT2D eigenvalue weighted by Gasteiger charge is 2.36. The fourth-order valence-electron chi connectivity index (χ4n) is 2.18. The summed E-state index contributed by atoms with van der Waals surface area (Å²) in [6.07, 6.45) is -1.41. The Kier molecular flexibility index (Phi) is 4.36. The Balaban J connectivity index is 1.84. The van der Waals surface area contributed by atoms with Gasteiger partial charge in [-0.3, -0.25) is 0 Å². The first-order valence-electron chi connectivity index (χ1n) is 7.39. The minimum Gasteiger partial charge on any atom is -0.324 e. The van der Waals surface area contributed by atoms with Gasteiger partial charge in [0.1, 0.15) is 0 Å². The molecule has 5 nitrogen and oxygen atoms in total.